The fourth-order valence-electron chi connectivity index (χ4n) is 14.4. The summed E-state index contributed by atoms with van der Waals surface area (Å²) in [5.74, 6) is 0. The highest BCUT2D eigenvalue weighted by molar-refractivity contribution is 6.13. The highest BCUT2D eigenvalue weighted by Crippen LogP contribution is 2.60. The Balaban J connectivity index is 1.01. The molecule has 0 N–H and O–H groups in total. The number of aryl methyl sites for hydroxylation is 2. The van der Waals surface area contributed by atoms with Gasteiger partial charge in [-0.15, -0.1) is 0 Å². The van der Waals surface area contributed by atoms with E-state index in [0.717, 1.165) is 18.5 Å². The third kappa shape index (κ3) is 7.96. The van der Waals surface area contributed by atoms with Crippen LogP contribution in [-0.2, 0) is 23.7 Å². The van der Waals surface area contributed by atoms with E-state index in [-0.39, 0.29) is 5.41 Å². The Morgan fingerprint density at radius 3 is 1.71 bits per heavy atom. The zero-order chi connectivity index (χ0) is 54.0. The standard InChI is InChI=1S/C78H70N2/c1-5-7-9-12-23-53-35-42-58(43-36-53)78(59-44-37-54(38-45-59)24-13-10-8-6-2)69-48-40-55-25-16-17-28-61(55)76(69)79(60-26-14-11-15-27-60)73-50-41-56(51-70(73)78)57-39-46-63-62-29-19-21-33-71(62)80(74(63)52-57)72-34-22-31-65-64(72)47-49-68-75(65)66-30-18-20-32-67(66)77(68,3)4/h11,14-22,25-52H,5-10,12-13,23-24H2,1-4H3. The minimum Gasteiger partial charge on any atom is -0.309 e. The number of aromatic nitrogens is 1. The molecular formula is C78H70N2. The summed E-state index contributed by atoms with van der Waals surface area (Å²) in [7, 11) is 0. The number of hydrogen-bond acceptors (Lipinski definition) is 1. The molecule has 0 radical (unpaired) electrons. The molecule has 0 atom stereocenters. The molecule has 12 aromatic rings. The van der Waals surface area contributed by atoms with Gasteiger partial charge in [0.05, 0.1) is 33.5 Å². The largest absolute Gasteiger partial charge is 0.309 e. The van der Waals surface area contributed by atoms with Gasteiger partial charge >= 0.3 is 0 Å². The van der Waals surface area contributed by atoms with Crippen molar-refractivity contribution in [2.45, 2.75) is 103 Å². The van der Waals surface area contributed by atoms with E-state index in [0.29, 0.717) is 0 Å². The minimum atomic E-state index is -0.674. The molecule has 0 saturated carbocycles. The SMILES string of the molecule is CCCCCCc1ccc(C2(c3ccc(CCCCCC)cc3)c3cc(-c4ccc5c6ccccc6n(-c6cccc7c8c(ccc67)C(C)(C)c6ccccc6-8)c5c4)ccc3N(c3ccccc3)c3c2ccc2ccccc32)cc1. The van der Waals surface area contributed by atoms with Crippen LogP contribution < -0.4 is 4.90 Å². The van der Waals surface area contributed by atoms with Gasteiger partial charge in [-0.3, -0.25) is 0 Å². The first-order valence-electron chi connectivity index (χ1n) is 29.8. The molecule has 0 unspecified atom stereocenters. The molecule has 0 saturated heterocycles. The summed E-state index contributed by atoms with van der Waals surface area (Å²) in [6.45, 7) is 9.36. The highest BCUT2D eigenvalue weighted by Gasteiger charge is 2.47. The van der Waals surface area contributed by atoms with Crippen LogP contribution >= 0.6 is 0 Å². The van der Waals surface area contributed by atoms with Crippen molar-refractivity contribution in [1.82, 2.24) is 4.57 Å². The Morgan fingerprint density at radius 2 is 0.975 bits per heavy atom. The molecule has 0 bridgehead atoms. The predicted octanol–water partition coefficient (Wildman–Crippen LogP) is 21.5. The van der Waals surface area contributed by atoms with Gasteiger partial charge in [0, 0.05) is 32.6 Å². The van der Waals surface area contributed by atoms with Crippen molar-refractivity contribution in [2.75, 3.05) is 4.90 Å². The van der Waals surface area contributed by atoms with Crippen LogP contribution in [0.4, 0.5) is 17.1 Å². The van der Waals surface area contributed by atoms with E-state index < -0.39 is 5.41 Å². The lowest BCUT2D eigenvalue weighted by Crippen LogP contribution is -2.38. The van der Waals surface area contributed by atoms with Gasteiger partial charge in [-0.1, -0.05) is 254 Å². The zero-order valence-corrected chi connectivity index (χ0v) is 46.9. The molecule has 2 heteroatoms. The lowest BCUT2D eigenvalue weighted by molar-refractivity contribution is 0.661. The van der Waals surface area contributed by atoms with E-state index in [1.165, 1.54) is 179 Å². The summed E-state index contributed by atoms with van der Waals surface area (Å²) in [6, 6.07) is 89.0. The third-order valence-corrected chi connectivity index (χ3v) is 18.4. The van der Waals surface area contributed by atoms with Crippen molar-refractivity contribution in [3.8, 4) is 27.9 Å². The van der Waals surface area contributed by atoms with Gasteiger partial charge in [0.25, 0.3) is 0 Å². The van der Waals surface area contributed by atoms with Gasteiger partial charge < -0.3 is 9.47 Å². The Bertz CT molecular complexity index is 4230. The summed E-state index contributed by atoms with van der Waals surface area (Å²) in [5.41, 5.74) is 22.3. The molecule has 14 rings (SSSR count). The second kappa shape index (κ2) is 20.3. The number of benzene rings is 11. The van der Waals surface area contributed by atoms with Gasteiger partial charge in [0.15, 0.2) is 0 Å². The number of anilines is 3. The van der Waals surface area contributed by atoms with Crippen molar-refractivity contribution < 1.29 is 0 Å². The number of rotatable bonds is 15. The number of para-hydroxylation sites is 2. The topological polar surface area (TPSA) is 8.17 Å². The molecule has 80 heavy (non-hydrogen) atoms. The van der Waals surface area contributed by atoms with E-state index >= 15 is 0 Å². The molecule has 0 fully saturated rings. The van der Waals surface area contributed by atoms with Crippen LogP contribution in [0.2, 0.25) is 0 Å². The molecule has 0 spiro atoms. The van der Waals surface area contributed by atoms with Crippen LogP contribution in [0, 0.1) is 0 Å². The Hall–Kier alpha value is -8.46. The van der Waals surface area contributed by atoms with Crippen molar-refractivity contribution >= 4 is 60.4 Å². The van der Waals surface area contributed by atoms with Crippen LogP contribution in [0.3, 0.4) is 0 Å². The molecule has 2 nitrogen and oxygen atoms in total. The number of hydrogen-bond donors (Lipinski definition) is 0. The maximum Gasteiger partial charge on any atom is 0.0742 e. The van der Waals surface area contributed by atoms with E-state index in [2.05, 4.69) is 268 Å². The Labute approximate surface area is 473 Å². The number of fused-ring (bicyclic) bond motifs is 12. The first-order chi connectivity index (χ1) is 39.4. The van der Waals surface area contributed by atoms with Gasteiger partial charge in [-0.2, -0.15) is 0 Å². The number of nitrogens with zero attached hydrogens (tertiary/aromatic N) is 2. The van der Waals surface area contributed by atoms with E-state index in [4.69, 9.17) is 0 Å². The van der Waals surface area contributed by atoms with Gasteiger partial charge in [0.1, 0.15) is 0 Å². The molecule has 2 aliphatic rings. The fourth-order valence-corrected chi connectivity index (χ4v) is 14.4. The van der Waals surface area contributed by atoms with Crippen LogP contribution in [0.15, 0.2) is 231 Å². The highest BCUT2D eigenvalue weighted by atomic mass is 15.2. The van der Waals surface area contributed by atoms with Crippen LogP contribution in [0.5, 0.6) is 0 Å². The van der Waals surface area contributed by atoms with Gasteiger partial charge in [0.2, 0.25) is 0 Å². The maximum atomic E-state index is 2.57. The van der Waals surface area contributed by atoms with Gasteiger partial charge in [-0.25, -0.2) is 0 Å². The Kier molecular flexibility index (Phi) is 12.7. The van der Waals surface area contributed by atoms with Crippen LogP contribution in [-0.4, -0.2) is 4.57 Å². The van der Waals surface area contributed by atoms with Crippen molar-refractivity contribution in [3.05, 3.63) is 275 Å². The molecule has 11 aromatic carbocycles. The molecule has 2 heterocycles. The lowest BCUT2D eigenvalue weighted by atomic mass is 9.61. The molecular weight excluding hydrogens is 965 g/mol. The van der Waals surface area contributed by atoms with Crippen LogP contribution in [0.25, 0.3) is 71.3 Å². The first-order valence-corrected chi connectivity index (χ1v) is 29.8. The summed E-state index contributed by atoms with van der Waals surface area (Å²) < 4.78 is 2.55. The summed E-state index contributed by atoms with van der Waals surface area (Å²) in [4.78, 5) is 2.57. The van der Waals surface area contributed by atoms with Crippen molar-refractivity contribution in [1.29, 1.82) is 0 Å². The molecule has 0 amide bonds. The number of unbranched alkanes of at least 4 members (excludes halogenated alkanes) is 6. The average Bonchev–Trinajstić information content (AvgIpc) is 3.15. The van der Waals surface area contributed by atoms with Crippen LogP contribution in [0.1, 0.15) is 124 Å². The second-order valence-electron chi connectivity index (χ2n) is 23.5. The van der Waals surface area contributed by atoms with E-state index in [1.54, 1.807) is 0 Å². The van der Waals surface area contributed by atoms with Crippen molar-refractivity contribution in [2.24, 2.45) is 0 Å². The summed E-state index contributed by atoms with van der Waals surface area (Å²) in [6.07, 6.45) is 12.2. The van der Waals surface area contributed by atoms with Gasteiger partial charge in [-0.05, 0) is 146 Å². The lowest BCUT2D eigenvalue weighted by Gasteiger charge is -2.47. The second-order valence-corrected chi connectivity index (χ2v) is 23.5. The smallest absolute Gasteiger partial charge is 0.0742 e. The monoisotopic (exact) mass is 1030 g/mol. The average molecular weight is 1040 g/mol. The predicted molar refractivity (Wildman–Crippen MR) is 341 cm³/mol. The van der Waals surface area contributed by atoms with E-state index in [9.17, 15) is 0 Å². The fraction of sp³-hybridized carbons (Fsp3) is 0.205. The molecule has 1 aromatic heterocycles. The third-order valence-electron chi connectivity index (χ3n) is 18.4. The molecule has 1 aliphatic heterocycles. The first kappa shape index (κ1) is 49.8. The molecule has 1 aliphatic carbocycles. The molecule has 392 valence electrons. The summed E-state index contributed by atoms with van der Waals surface area (Å²) in [5, 5.41) is 7.55. The van der Waals surface area contributed by atoms with Crippen molar-refractivity contribution in [3.63, 3.8) is 0 Å². The summed E-state index contributed by atoms with van der Waals surface area (Å²) >= 11 is 0. The quantitative estimate of drug-likeness (QED) is 0.0929. The minimum absolute atomic E-state index is 0.0764. The maximum absolute atomic E-state index is 2.57. The zero-order valence-electron chi connectivity index (χ0n) is 46.9. The van der Waals surface area contributed by atoms with E-state index in [1.807, 2.05) is 0 Å². The Morgan fingerprint density at radius 1 is 0.375 bits per heavy atom. The normalized spacial score (nSPS) is 13.9.